The van der Waals surface area contributed by atoms with E-state index in [0.29, 0.717) is 5.41 Å². The summed E-state index contributed by atoms with van der Waals surface area (Å²) in [4.78, 5) is 0. The number of alkyl halides is 1. The summed E-state index contributed by atoms with van der Waals surface area (Å²) in [6, 6.07) is 6.23. The van der Waals surface area contributed by atoms with Crippen LogP contribution in [0.2, 0.25) is 0 Å². The minimum atomic E-state index is 0.331. The van der Waals surface area contributed by atoms with Crippen molar-refractivity contribution in [1.29, 1.82) is 0 Å². The Bertz CT molecular complexity index is 409. The van der Waals surface area contributed by atoms with E-state index in [1.165, 1.54) is 44.1 Å². The second kappa shape index (κ2) is 7.12. The van der Waals surface area contributed by atoms with Gasteiger partial charge < -0.3 is 4.74 Å². The van der Waals surface area contributed by atoms with Crippen molar-refractivity contribution in [2.24, 2.45) is 5.41 Å². The largest absolute Gasteiger partial charge is 0.493 e. The molecule has 0 amide bonds. The fourth-order valence-corrected chi connectivity index (χ4v) is 3.71. The normalized spacial score (nSPS) is 18.9. The highest BCUT2D eigenvalue weighted by atomic mass is 79.9. The molecule has 1 aromatic rings. The van der Waals surface area contributed by atoms with E-state index in [1.54, 1.807) is 0 Å². The van der Waals surface area contributed by atoms with Gasteiger partial charge in [0.25, 0.3) is 0 Å². The summed E-state index contributed by atoms with van der Waals surface area (Å²) in [5.74, 6) is 0.991. The molecule has 0 bridgehead atoms. The van der Waals surface area contributed by atoms with Crippen molar-refractivity contribution in [2.45, 2.75) is 45.4 Å². The predicted molar refractivity (Wildman–Crippen MR) is 88.3 cm³/mol. The van der Waals surface area contributed by atoms with Crippen LogP contribution < -0.4 is 4.74 Å². The van der Waals surface area contributed by atoms with E-state index in [9.17, 15) is 0 Å². The van der Waals surface area contributed by atoms with Crippen molar-refractivity contribution >= 4 is 31.9 Å². The van der Waals surface area contributed by atoms with Crippen LogP contribution in [0.25, 0.3) is 0 Å². The van der Waals surface area contributed by atoms with Crippen LogP contribution in [0.3, 0.4) is 0 Å². The van der Waals surface area contributed by atoms with Gasteiger partial charge in [0.15, 0.2) is 0 Å². The number of ether oxygens (including phenoxy) is 1. The monoisotopic (exact) mass is 388 g/mol. The molecule has 1 saturated carbocycles. The van der Waals surface area contributed by atoms with Crippen LogP contribution in [0.4, 0.5) is 0 Å². The molecular formula is C16H22Br2O. The van der Waals surface area contributed by atoms with Crippen molar-refractivity contribution in [3.63, 3.8) is 0 Å². The molecule has 1 fully saturated rings. The number of aryl methyl sites for hydroxylation is 1. The molecule has 2 rings (SSSR count). The predicted octanol–water partition coefficient (Wildman–Crippen LogP) is 5.87. The molecule has 0 aromatic heterocycles. The smallest absolute Gasteiger partial charge is 0.119 e. The maximum absolute atomic E-state index is 6.08. The number of halogens is 2. The van der Waals surface area contributed by atoms with E-state index < -0.39 is 0 Å². The lowest BCUT2D eigenvalue weighted by Gasteiger charge is -2.30. The molecule has 0 radical (unpaired) electrons. The average Bonchev–Trinajstić information content (AvgIpc) is 2.66. The van der Waals surface area contributed by atoms with Crippen molar-refractivity contribution in [3.8, 4) is 5.75 Å². The third kappa shape index (κ3) is 4.22. The fourth-order valence-electron chi connectivity index (χ4n) is 2.74. The molecule has 1 aromatic carbocycles. The lowest BCUT2D eigenvalue weighted by atomic mass is 9.83. The molecule has 0 N–H and O–H groups in total. The van der Waals surface area contributed by atoms with Gasteiger partial charge in [-0.1, -0.05) is 57.5 Å². The van der Waals surface area contributed by atoms with Crippen LogP contribution in [0.15, 0.2) is 22.7 Å². The highest BCUT2D eigenvalue weighted by Crippen LogP contribution is 2.37. The lowest BCUT2D eigenvalue weighted by Crippen LogP contribution is -2.30. The summed E-state index contributed by atoms with van der Waals surface area (Å²) >= 11 is 7.24. The molecule has 0 heterocycles. The van der Waals surface area contributed by atoms with Gasteiger partial charge in [-0.3, -0.25) is 0 Å². The zero-order valence-electron chi connectivity index (χ0n) is 11.6. The molecule has 0 spiro atoms. The Morgan fingerprint density at radius 2 is 1.84 bits per heavy atom. The van der Waals surface area contributed by atoms with Gasteiger partial charge in [-0.05, 0) is 43.5 Å². The summed E-state index contributed by atoms with van der Waals surface area (Å²) in [6.07, 6.45) is 8.02. The maximum Gasteiger partial charge on any atom is 0.119 e. The van der Waals surface area contributed by atoms with Crippen LogP contribution >= 0.6 is 31.9 Å². The van der Waals surface area contributed by atoms with E-state index >= 15 is 0 Å². The lowest BCUT2D eigenvalue weighted by molar-refractivity contribution is 0.149. The number of rotatable bonds is 4. The number of benzene rings is 1. The van der Waals surface area contributed by atoms with E-state index in [0.717, 1.165) is 22.2 Å². The minimum absolute atomic E-state index is 0.331. The van der Waals surface area contributed by atoms with E-state index in [4.69, 9.17) is 4.74 Å². The molecular weight excluding hydrogens is 368 g/mol. The Balaban J connectivity index is 2.00. The summed E-state index contributed by atoms with van der Waals surface area (Å²) in [5, 5.41) is 1.05. The van der Waals surface area contributed by atoms with Gasteiger partial charge in [-0.2, -0.15) is 0 Å². The molecule has 0 atom stereocenters. The van der Waals surface area contributed by atoms with Crippen LogP contribution in [0.5, 0.6) is 5.75 Å². The van der Waals surface area contributed by atoms with Crippen LogP contribution in [-0.2, 0) is 0 Å². The molecule has 106 valence electrons. The molecule has 19 heavy (non-hydrogen) atoms. The Morgan fingerprint density at radius 1 is 1.16 bits per heavy atom. The second-order valence-electron chi connectivity index (χ2n) is 5.75. The van der Waals surface area contributed by atoms with E-state index in [1.807, 2.05) is 0 Å². The van der Waals surface area contributed by atoms with Gasteiger partial charge in [0.05, 0.1) is 6.61 Å². The van der Waals surface area contributed by atoms with Gasteiger partial charge in [-0.15, -0.1) is 0 Å². The summed E-state index contributed by atoms with van der Waals surface area (Å²) in [7, 11) is 0. The van der Waals surface area contributed by atoms with Crippen LogP contribution in [-0.4, -0.2) is 11.9 Å². The summed E-state index contributed by atoms with van der Waals surface area (Å²) < 4.78 is 7.22. The van der Waals surface area contributed by atoms with E-state index in [2.05, 4.69) is 57.0 Å². The Hall–Kier alpha value is -0.0200. The average molecular weight is 390 g/mol. The quantitative estimate of drug-likeness (QED) is 0.462. The SMILES string of the molecule is Cc1cc(OCC2(CBr)CCCCCC2)ccc1Br. The summed E-state index contributed by atoms with van der Waals surface area (Å²) in [6.45, 7) is 2.93. The van der Waals surface area contributed by atoms with Gasteiger partial charge >= 0.3 is 0 Å². The molecule has 1 aliphatic rings. The maximum atomic E-state index is 6.08. The molecule has 0 saturated heterocycles. The molecule has 1 aliphatic carbocycles. The van der Waals surface area contributed by atoms with Crippen LogP contribution in [0.1, 0.15) is 44.1 Å². The first-order valence-electron chi connectivity index (χ1n) is 7.10. The van der Waals surface area contributed by atoms with Gasteiger partial charge in [-0.25, -0.2) is 0 Å². The first kappa shape index (κ1) is 15.4. The standard InChI is InChI=1S/C16H22Br2O/c1-13-10-14(6-7-15(13)18)19-12-16(11-17)8-4-2-3-5-9-16/h6-7,10H,2-5,8-9,11-12H2,1H3. The Labute approximate surface area is 133 Å². The zero-order valence-corrected chi connectivity index (χ0v) is 14.7. The number of hydrogen-bond acceptors (Lipinski definition) is 1. The third-order valence-electron chi connectivity index (χ3n) is 4.12. The molecule has 0 aliphatic heterocycles. The van der Waals surface area contributed by atoms with Crippen molar-refractivity contribution < 1.29 is 4.74 Å². The first-order valence-corrected chi connectivity index (χ1v) is 9.02. The highest BCUT2D eigenvalue weighted by molar-refractivity contribution is 9.10. The highest BCUT2D eigenvalue weighted by Gasteiger charge is 2.30. The van der Waals surface area contributed by atoms with Crippen molar-refractivity contribution in [1.82, 2.24) is 0 Å². The fraction of sp³-hybridized carbons (Fsp3) is 0.625. The first-order chi connectivity index (χ1) is 9.15. The van der Waals surface area contributed by atoms with Gasteiger partial charge in [0, 0.05) is 15.2 Å². The topological polar surface area (TPSA) is 9.23 Å². The molecule has 0 unspecified atom stereocenters. The molecule has 3 heteroatoms. The summed E-state index contributed by atoms with van der Waals surface area (Å²) in [5.41, 5.74) is 1.56. The Morgan fingerprint density at radius 3 is 2.42 bits per heavy atom. The number of hydrogen-bond donors (Lipinski definition) is 0. The van der Waals surface area contributed by atoms with Crippen LogP contribution in [0, 0.1) is 12.3 Å². The van der Waals surface area contributed by atoms with Crippen molar-refractivity contribution in [3.05, 3.63) is 28.2 Å². The Kier molecular flexibility index (Phi) is 5.76. The third-order valence-corrected chi connectivity index (χ3v) is 6.20. The molecule has 1 nitrogen and oxygen atoms in total. The van der Waals surface area contributed by atoms with E-state index in [-0.39, 0.29) is 0 Å². The van der Waals surface area contributed by atoms with Crippen molar-refractivity contribution in [2.75, 3.05) is 11.9 Å². The van der Waals surface area contributed by atoms with Gasteiger partial charge in [0.1, 0.15) is 5.75 Å². The van der Waals surface area contributed by atoms with Gasteiger partial charge in [0.2, 0.25) is 0 Å². The minimum Gasteiger partial charge on any atom is -0.493 e. The zero-order chi connectivity index (χ0) is 13.7. The second-order valence-corrected chi connectivity index (χ2v) is 7.16.